The molecule has 2 heterocycles. The van der Waals surface area contributed by atoms with E-state index in [0.29, 0.717) is 0 Å². The number of para-hydroxylation sites is 1. The van der Waals surface area contributed by atoms with Crippen LogP contribution in [-0.2, 0) is 17.3 Å². The Balaban J connectivity index is 1.55. The van der Waals surface area contributed by atoms with Crippen LogP contribution in [0.5, 0.6) is 0 Å². The van der Waals surface area contributed by atoms with E-state index in [1.807, 2.05) is 62.0 Å². The van der Waals surface area contributed by atoms with Gasteiger partial charge in [0.2, 0.25) is 0 Å². The minimum Gasteiger partial charge on any atom is -0.347 e. The Kier molecular flexibility index (Phi) is 5.28. The normalized spacial score (nSPS) is 17.2. The quantitative estimate of drug-likeness (QED) is 0.438. The third kappa shape index (κ3) is 3.45. The first-order valence-electron chi connectivity index (χ1n) is 10.0. The fraction of sp³-hybridized carbons (Fsp3) is 0.292. The molecule has 0 fully saturated rings. The van der Waals surface area contributed by atoms with Crippen molar-refractivity contribution in [3.63, 3.8) is 0 Å². The van der Waals surface area contributed by atoms with Crippen molar-refractivity contribution in [3.05, 3.63) is 71.9 Å². The van der Waals surface area contributed by atoms with Crippen molar-refractivity contribution >= 4 is 23.2 Å². The van der Waals surface area contributed by atoms with E-state index < -0.39 is 0 Å². The van der Waals surface area contributed by atoms with Crippen LogP contribution in [0, 0.1) is 0 Å². The molecule has 0 amide bonds. The minimum atomic E-state index is -0.267. The number of ketones is 1. The number of benzene rings is 2. The SMILES string of the molecule is CC(Sc1nnc(-c2ccccc2)n1C)C(=O)/C=C1\N(C)c2ccccc2C1(C)C. The summed E-state index contributed by atoms with van der Waals surface area (Å²) in [5, 5.41) is 9.10. The second-order valence-electron chi connectivity index (χ2n) is 8.12. The Labute approximate surface area is 181 Å². The van der Waals surface area contributed by atoms with E-state index in [0.717, 1.165) is 27.9 Å². The molecule has 0 radical (unpaired) electrons. The molecule has 6 heteroatoms. The zero-order valence-corrected chi connectivity index (χ0v) is 18.8. The maximum Gasteiger partial charge on any atom is 0.191 e. The molecule has 1 unspecified atom stereocenters. The topological polar surface area (TPSA) is 51.0 Å². The molecule has 3 aromatic rings. The molecular weight excluding hydrogens is 392 g/mol. The van der Waals surface area contributed by atoms with Gasteiger partial charge in [0.1, 0.15) is 0 Å². The first-order chi connectivity index (χ1) is 14.3. The molecule has 0 saturated carbocycles. The van der Waals surface area contributed by atoms with Crippen molar-refractivity contribution in [1.82, 2.24) is 14.8 Å². The molecule has 30 heavy (non-hydrogen) atoms. The van der Waals surface area contributed by atoms with Gasteiger partial charge < -0.3 is 9.47 Å². The number of hydrogen-bond donors (Lipinski definition) is 0. The Bertz CT molecular complexity index is 1120. The molecule has 1 aliphatic rings. The number of carbonyl (C=O) groups excluding carboxylic acids is 1. The number of rotatable bonds is 5. The molecule has 1 aromatic heterocycles. The molecule has 0 spiro atoms. The standard InChI is InChI=1S/C24H26N4OS/c1-16(30-23-26-25-22(28(23)5)17-11-7-6-8-12-17)20(29)15-21-24(2,3)18-13-9-10-14-19(18)27(21)4/h6-16H,1-5H3/b21-15-. The highest BCUT2D eigenvalue weighted by Crippen LogP contribution is 2.46. The second-order valence-corrected chi connectivity index (χ2v) is 9.43. The summed E-state index contributed by atoms with van der Waals surface area (Å²) in [5.74, 6) is 0.871. The van der Waals surface area contributed by atoms with Crippen LogP contribution in [0.1, 0.15) is 26.3 Å². The number of carbonyl (C=O) groups is 1. The van der Waals surface area contributed by atoms with Crippen molar-refractivity contribution in [3.8, 4) is 11.4 Å². The van der Waals surface area contributed by atoms with E-state index in [9.17, 15) is 4.79 Å². The van der Waals surface area contributed by atoms with Gasteiger partial charge in [-0.1, -0.05) is 74.1 Å². The molecule has 0 aliphatic carbocycles. The van der Waals surface area contributed by atoms with Crippen molar-refractivity contribution in [1.29, 1.82) is 0 Å². The van der Waals surface area contributed by atoms with Gasteiger partial charge in [-0.2, -0.15) is 0 Å². The van der Waals surface area contributed by atoms with Gasteiger partial charge in [-0.3, -0.25) is 4.79 Å². The van der Waals surface area contributed by atoms with Gasteiger partial charge in [0.25, 0.3) is 0 Å². The second kappa shape index (κ2) is 7.76. The fourth-order valence-electron chi connectivity index (χ4n) is 3.98. The number of aromatic nitrogens is 3. The van der Waals surface area contributed by atoms with Crippen molar-refractivity contribution < 1.29 is 4.79 Å². The van der Waals surface area contributed by atoms with Crippen molar-refractivity contribution in [2.24, 2.45) is 7.05 Å². The average Bonchev–Trinajstić information content (AvgIpc) is 3.19. The zero-order valence-electron chi connectivity index (χ0n) is 18.0. The predicted octanol–water partition coefficient (Wildman–Crippen LogP) is 4.84. The van der Waals surface area contributed by atoms with E-state index in [4.69, 9.17) is 0 Å². The molecule has 4 rings (SSSR count). The highest BCUT2D eigenvalue weighted by Gasteiger charge is 2.38. The number of thioether (sulfide) groups is 1. The lowest BCUT2D eigenvalue weighted by Crippen LogP contribution is -2.25. The Morgan fingerprint density at radius 1 is 1.03 bits per heavy atom. The van der Waals surface area contributed by atoms with Crippen LogP contribution in [0.4, 0.5) is 5.69 Å². The van der Waals surface area contributed by atoms with E-state index in [1.165, 1.54) is 17.3 Å². The third-order valence-corrected chi connectivity index (χ3v) is 6.92. The number of likely N-dealkylation sites (N-methyl/N-ethyl adjacent to an activating group) is 1. The van der Waals surface area contributed by atoms with Crippen molar-refractivity contribution in [2.75, 3.05) is 11.9 Å². The predicted molar refractivity (Wildman–Crippen MR) is 123 cm³/mol. The molecule has 154 valence electrons. The molecule has 2 aromatic carbocycles. The fourth-order valence-corrected chi connectivity index (χ4v) is 4.82. The molecule has 0 bridgehead atoms. The Morgan fingerprint density at radius 3 is 2.40 bits per heavy atom. The maximum absolute atomic E-state index is 13.1. The van der Waals surface area contributed by atoms with Crippen LogP contribution in [0.3, 0.4) is 0 Å². The highest BCUT2D eigenvalue weighted by molar-refractivity contribution is 8.00. The summed E-state index contributed by atoms with van der Waals surface area (Å²) in [7, 11) is 3.96. The summed E-state index contributed by atoms with van der Waals surface area (Å²) in [6.07, 6.45) is 1.80. The lowest BCUT2D eigenvalue weighted by atomic mass is 9.83. The summed E-state index contributed by atoms with van der Waals surface area (Å²) in [4.78, 5) is 15.2. The molecule has 1 atom stereocenters. The third-order valence-electron chi connectivity index (χ3n) is 5.77. The lowest BCUT2D eigenvalue weighted by Gasteiger charge is -2.24. The summed E-state index contributed by atoms with van der Waals surface area (Å²) in [5.41, 5.74) is 4.21. The van der Waals surface area contributed by atoms with Crippen LogP contribution in [0.2, 0.25) is 0 Å². The van der Waals surface area contributed by atoms with Gasteiger partial charge in [0.05, 0.1) is 5.25 Å². The molecule has 1 aliphatic heterocycles. The van der Waals surface area contributed by atoms with Crippen LogP contribution < -0.4 is 4.90 Å². The smallest absolute Gasteiger partial charge is 0.191 e. The van der Waals surface area contributed by atoms with E-state index in [1.54, 1.807) is 6.08 Å². The van der Waals surface area contributed by atoms with Crippen LogP contribution in [0.15, 0.2) is 71.5 Å². The molecular formula is C24H26N4OS. The molecule has 0 N–H and O–H groups in total. The number of fused-ring (bicyclic) bond motifs is 1. The number of nitrogens with zero attached hydrogens (tertiary/aromatic N) is 4. The van der Waals surface area contributed by atoms with E-state index >= 15 is 0 Å². The van der Waals surface area contributed by atoms with Gasteiger partial charge in [-0.25, -0.2) is 0 Å². The number of allylic oxidation sites excluding steroid dienone is 2. The summed E-state index contributed by atoms with van der Waals surface area (Å²) < 4.78 is 1.94. The van der Waals surface area contributed by atoms with Gasteiger partial charge in [-0.15, -0.1) is 10.2 Å². The van der Waals surface area contributed by atoms with Gasteiger partial charge >= 0.3 is 0 Å². The molecule has 5 nitrogen and oxygen atoms in total. The van der Waals surface area contributed by atoms with Gasteiger partial charge in [-0.05, 0) is 18.6 Å². The monoisotopic (exact) mass is 418 g/mol. The average molecular weight is 419 g/mol. The number of anilines is 1. The Hall–Kier alpha value is -2.86. The van der Waals surface area contributed by atoms with E-state index in [2.05, 4.69) is 47.1 Å². The van der Waals surface area contributed by atoms with Crippen LogP contribution >= 0.6 is 11.8 Å². The number of hydrogen-bond acceptors (Lipinski definition) is 5. The van der Waals surface area contributed by atoms with Crippen LogP contribution in [-0.4, -0.2) is 32.8 Å². The first kappa shape index (κ1) is 20.4. The van der Waals surface area contributed by atoms with Gasteiger partial charge in [0.15, 0.2) is 16.8 Å². The Morgan fingerprint density at radius 2 is 1.70 bits per heavy atom. The zero-order chi connectivity index (χ0) is 21.5. The van der Waals surface area contributed by atoms with Crippen LogP contribution in [0.25, 0.3) is 11.4 Å². The van der Waals surface area contributed by atoms with Crippen molar-refractivity contribution in [2.45, 2.75) is 36.6 Å². The summed E-state index contributed by atoms with van der Waals surface area (Å²) >= 11 is 1.44. The highest BCUT2D eigenvalue weighted by atomic mass is 32.2. The van der Waals surface area contributed by atoms with Gasteiger partial charge in [0, 0.05) is 42.5 Å². The minimum absolute atomic E-state index is 0.0759. The lowest BCUT2D eigenvalue weighted by molar-refractivity contribution is -0.114. The maximum atomic E-state index is 13.1. The summed E-state index contributed by atoms with van der Waals surface area (Å²) in [6, 6.07) is 18.3. The first-order valence-corrected chi connectivity index (χ1v) is 10.9. The van der Waals surface area contributed by atoms with E-state index in [-0.39, 0.29) is 16.4 Å². The largest absolute Gasteiger partial charge is 0.347 e. The summed E-state index contributed by atoms with van der Waals surface area (Å²) in [6.45, 7) is 6.26. The molecule has 0 saturated heterocycles.